The van der Waals surface area contributed by atoms with Gasteiger partial charge in [-0.25, -0.2) is 0 Å². The van der Waals surface area contributed by atoms with Crippen molar-refractivity contribution in [1.29, 1.82) is 0 Å². The number of aliphatic hydroxyl groups excluding tert-OH is 1. The third-order valence-corrected chi connectivity index (χ3v) is 33.3. The lowest BCUT2D eigenvalue weighted by atomic mass is 9.73. The Balaban J connectivity index is 0.000000113. The molecule has 13 aromatic rings. The molecule has 6 unspecified atom stereocenters. The Kier molecular flexibility index (Phi) is 32.1. The lowest BCUT2D eigenvalue weighted by Crippen LogP contribution is -2.34. The van der Waals surface area contributed by atoms with Crippen molar-refractivity contribution in [1.82, 2.24) is 25.3 Å². The van der Waals surface area contributed by atoms with E-state index in [2.05, 4.69) is 376 Å². The number of piperidine rings is 4. The summed E-state index contributed by atoms with van der Waals surface area (Å²) in [6.45, 7) is 30.0. The minimum absolute atomic E-state index is 0.0689. The van der Waals surface area contributed by atoms with Crippen molar-refractivity contribution in [3.63, 3.8) is 0 Å². The fourth-order valence-corrected chi connectivity index (χ4v) is 25.8. The molecular formula is C134H149N5O3. The molecule has 23 rings (SSSR count). The standard InChI is InChI=1S/C28H29N.C25H31N.C23H27NO.C21H23N.C20H23N.C17H16O2/c1-28(25-13-6-3-7-14-25)20-24-12-8-9-15-26(24)27(28)23-16-18-29(19-17-23)21-22-10-4-2-5-11-22;1-3-4-16-26-17-14-20(15-18-26)24-23-13-9-8-10-21(23)19-25(24,2)22-11-6-5-7-12-22;1-23(20-8-3-2-4-9-20)17-19-7-5-6-10-21(19)22(23)18-11-13-24(14-12-18)15-16-25;1-21(18-8-3-2-4-9-18)15-17-7-5-6-10-19(17)20(21)16-11-13-22-14-12-16;1-20(17-10-4-3-5-11-17)15-16-9-6-7-12-18(16)19(20)13-8-14-21-2;1-17(13-6-4-3-5-7-13)11-12-8-9-14(19-2)10-15(12)16(17)18/h2-15H,16-21H2,1H3;5-13H,3-4,14-19H2,1-2H3;2-10,25H,11-17H2,1H3;2-10,22H,11-15H2,1H3;3-7,9-13,21H,8,14-15H2,1-2H3;3-10H,11H2,1-2H3/b;;;;19-13-;. The van der Waals surface area contributed by atoms with Gasteiger partial charge in [-0.15, -0.1) is 0 Å². The smallest absolute Gasteiger partial charge is 0.173 e. The normalized spacial score (nSPS) is 22.9. The lowest BCUT2D eigenvalue weighted by Gasteiger charge is -2.34. The highest BCUT2D eigenvalue weighted by molar-refractivity contribution is 6.08. The predicted molar refractivity (Wildman–Crippen MR) is 595 cm³/mol. The Morgan fingerprint density at radius 3 is 0.993 bits per heavy atom. The maximum atomic E-state index is 12.7. The van der Waals surface area contributed by atoms with Gasteiger partial charge in [0.15, 0.2) is 5.78 Å². The van der Waals surface area contributed by atoms with Gasteiger partial charge in [0, 0.05) is 85.0 Å². The summed E-state index contributed by atoms with van der Waals surface area (Å²) in [7, 11) is 3.63. The summed E-state index contributed by atoms with van der Waals surface area (Å²) in [6.07, 6.45) is 21.9. The number of aliphatic hydroxyl groups is 1. The van der Waals surface area contributed by atoms with Crippen molar-refractivity contribution in [3.8, 4) is 5.75 Å². The number of hydrogen-bond acceptors (Lipinski definition) is 8. The van der Waals surface area contributed by atoms with E-state index in [0.717, 1.165) is 139 Å². The first-order valence-corrected chi connectivity index (χ1v) is 53.1. The Morgan fingerprint density at radius 2 is 0.634 bits per heavy atom. The second-order valence-electron chi connectivity index (χ2n) is 42.6. The number of fused-ring (bicyclic) bond motifs is 6. The largest absolute Gasteiger partial charge is 0.497 e. The minimum atomic E-state index is -0.448. The van der Waals surface area contributed by atoms with Crippen LogP contribution in [0.3, 0.4) is 0 Å². The summed E-state index contributed by atoms with van der Waals surface area (Å²) in [5, 5.41) is 15.9. The van der Waals surface area contributed by atoms with Crippen LogP contribution in [0.4, 0.5) is 0 Å². The van der Waals surface area contributed by atoms with E-state index in [4.69, 9.17) is 4.74 Å². The van der Waals surface area contributed by atoms with Crippen molar-refractivity contribution >= 4 is 33.6 Å². The molecule has 4 aliphatic heterocycles. The van der Waals surface area contributed by atoms with Crippen molar-refractivity contribution in [2.24, 2.45) is 0 Å². The van der Waals surface area contributed by atoms with E-state index < -0.39 is 5.41 Å². The molecule has 0 aromatic heterocycles. The van der Waals surface area contributed by atoms with Crippen LogP contribution < -0.4 is 15.4 Å². The predicted octanol–water partition coefficient (Wildman–Crippen LogP) is 28.1. The molecule has 0 spiro atoms. The molecule has 13 aromatic carbocycles. The number of likely N-dealkylation sites (tertiary alicyclic amines) is 3. The van der Waals surface area contributed by atoms with Crippen LogP contribution in [0.25, 0.3) is 27.9 Å². The first-order chi connectivity index (χ1) is 69.4. The van der Waals surface area contributed by atoms with Gasteiger partial charge in [0.25, 0.3) is 0 Å². The van der Waals surface area contributed by atoms with Crippen LogP contribution in [0.5, 0.6) is 5.75 Å². The number of nitrogens with zero attached hydrogens (tertiary/aromatic N) is 3. The molecule has 0 saturated carbocycles. The van der Waals surface area contributed by atoms with Crippen molar-refractivity contribution in [2.75, 3.05) is 92.8 Å². The SMILES string of the molecule is CC1(c2ccccc2)Cc2ccccc2C1=C1CCN(CCO)CC1.CC1(c2ccccc2)Cc2ccccc2C1=C1CCN(Cc2ccccc2)CC1.CC1(c2ccccc2)Cc2ccccc2C1=C1CCNCC1.CCCCN1CCC(=C2c3ccccc3CC2(C)c2ccccc2)CC1.CNCC/C=C1/c2ccccc2CC1(C)c1ccccc1.COc1ccc2c(c1)C(=O)C(C)(c1ccccc1)C2. The molecule has 6 aliphatic carbocycles. The zero-order valence-corrected chi connectivity index (χ0v) is 85.9. The number of benzene rings is 13. The van der Waals surface area contributed by atoms with Gasteiger partial charge in [0.05, 0.1) is 19.1 Å². The van der Waals surface area contributed by atoms with Gasteiger partial charge >= 0.3 is 0 Å². The fourth-order valence-electron chi connectivity index (χ4n) is 25.8. The Labute approximate surface area is 849 Å². The molecule has 4 saturated heterocycles. The monoisotopic (exact) mass is 1880 g/mol. The number of carbonyl (C=O) groups excluding carboxylic acids is 1. The highest BCUT2D eigenvalue weighted by Crippen LogP contribution is 2.57. The molecule has 142 heavy (non-hydrogen) atoms. The molecule has 8 heteroatoms. The van der Waals surface area contributed by atoms with Gasteiger partial charge in [-0.05, 0) is 283 Å². The van der Waals surface area contributed by atoms with Crippen LogP contribution in [0, 0.1) is 0 Å². The molecule has 0 radical (unpaired) electrons. The van der Waals surface area contributed by atoms with Gasteiger partial charge < -0.3 is 30.3 Å². The van der Waals surface area contributed by atoms with Crippen LogP contribution in [-0.4, -0.2) is 118 Å². The number of carbonyl (C=O) groups is 1. The van der Waals surface area contributed by atoms with Crippen LogP contribution in [0.2, 0.25) is 0 Å². The maximum absolute atomic E-state index is 12.7. The Hall–Kier alpha value is -12.2. The number of ketones is 1. The van der Waals surface area contributed by atoms with Crippen LogP contribution in [0.15, 0.2) is 380 Å². The molecule has 3 N–H and O–H groups in total. The second kappa shape index (κ2) is 45.6. The molecule has 0 bridgehead atoms. The molecule has 8 nitrogen and oxygen atoms in total. The van der Waals surface area contributed by atoms with E-state index in [0.29, 0.717) is 0 Å². The van der Waals surface area contributed by atoms with Gasteiger partial charge in [-0.1, -0.05) is 416 Å². The zero-order chi connectivity index (χ0) is 98.1. The summed E-state index contributed by atoms with van der Waals surface area (Å²) < 4.78 is 5.21. The Morgan fingerprint density at radius 1 is 0.338 bits per heavy atom. The lowest BCUT2D eigenvalue weighted by molar-refractivity contribution is 0.0915. The van der Waals surface area contributed by atoms with E-state index in [-0.39, 0.29) is 39.5 Å². The topological polar surface area (TPSA) is 80.3 Å². The minimum Gasteiger partial charge on any atom is -0.497 e. The molecule has 728 valence electrons. The maximum Gasteiger partial charge on any atom is 0.173 e. The number of methoxy groups -OCH3 is 1. The average Bonchev–Trinajstić information content (AvgIpc) is 1.60. The van der Waals surface area contributed by atoms with Gasteiger partial charge in [-0.3, -0.25) is 9.69 Å². The third-order valence-electron chi connectivity index (χ3n) is 33.3. The second-order valence-corrected chi connectivity index (χ2v) is 42.6. The van der Waals surface area contributed by atoms with Crippen molar-refractivity contribution in [2.45, 2.75) is 197 Å². The zero-order valence-electron chi connectivity index (χ0n) is 85.9. The number of unbranched alkanes of at least 4 members (excludes halogenated alkanes) is 1. The van der Waals surface area contributed by atoms with E-state index >= 15 is 0 Å². The first-order valence-electron chi connectivity index (χ1n) is 53.1. The molecule has 10 aliphatic rings. The summed E-state index contributed by atoms with van der Waals surface area (Å²) >= 11 is 0. The summed E-state index contributed by atoms with van der Waals surface area (Å²) in [4.78, 5) is 20.4. The van der Waals surface area contributed by atoms with Crippen molar-refractivity contribution in [3.05, 3.63) is 486 Å². The number of ether oxygens (including phenoxy) is 1. The van der Waals surface area contributed by atoms with Gasteiger partial charge in [0.2, 0.25) is 0 Å². The van der Waals surface area contributed by atoms with E-state index in [1.165, 1.54) is 166 Å². The molecule has 6 atom stereocenters. The van der Waals surface area contributed by atoms with Gasteiger partial charge in [0.1, 0.15) is 5.75 Å². The molecule has 0 amide bonds. The molecular weight excluding hydrogens is 1730 g/mol. The van der Waals surface area contributed by atoms with Gasteiger partial charge in [-0.2, -0.15) is 0 Å². The number of allylic oxidation sites excluding steroid dienone is 5. The summed E-state index contributed by atoms with van der Waals surface area (Å²) in [5.41, 5.74) is 41.1. The number of hydrogen-bond donors (Lipinski definition) is 3. The van der Waals surface area contributed by atoms with Crippen molar-refractivity contribution < 1.29 is 14.6 Å². The number of nitrogens with one attached hydrogen (secondary N) is 2. The Bertz CT molecular complexity index is 6600. The summed E-state index contributed by atoms with van der Waals surface area (Å²) in [5.74, 6) is 0.928. The van der Waals surface area contributed by atoms with E-state index in [9.17, 15) is 9.90 Å². The summed E-state index contributed by atoms with van der Waals surface area (Å²) in [6, 6.07) is 127. The van der Waals surface area contributed by atoms with Crippen LogP contribution in [0.1, 0.15) is 230 Å². The highest BCUT2D eigenvalue weighted by atomic mass is 16.5. The third kappa shape index (κ3) is 21.4. The number of β-amino-alcohol motifs (C(OH)–C–C–N with tert-alkyl or cyclic N) is 1. The van der Waals surface area contributed by atoms with E-state index in [1.54, 1.807) is 51.7 Å². The fraction of sp³-hybridized carbons (Fsp3) is 0.336. The van der Waals surface area contributed by atoms with Crippen LogP contribution in [-0.2, 0) is 77.6 Å². The van der Waals surface area contributed by atoms with E-state index in [1.807, 2.05) is 62.5 Å². The van der Waals surface area contributed by atoms with Crippen LogP contribution >= 0.6 is 0 Å². The number of Topliss-reactive ketones (excluding diaryl/α,β-unsaturated/α-hetero) is 1. The number of rotatable bonds is 17. The molecule has 4 fully saturated rings. The average molecular weight is 1880 g/mol. The first kappa shape index (κ1) is 99.9. The molecule has 4 heterocycles. The quantitative estimate of drug-likeness (QED) is 0.0778. The highest BCUT2D eigenvalue weighted by Gasteiger charge is 2.48.